The molecule has 1 fully saturated rings. The molecule has 1 aliphatic heterocycles. The number of benzene rings is 2. The van der Waals surface area contributed by atoms with E-state index in [1.54, 1.807) is 4.90 Å². The highest BCUT2D eigenvalue weighted by molar-refractivity contribution is 5.74. The molecule has 25 heavy (non-hydrogen) atoms. The topological polar surface area (TPSA) is 61.8 Å². The Bertz CT molecular complexity index is 732. The van der Waals surface area contributed by atoms with Gasteiger partial charge in [-0.15, -0.1) is 0 Å². The van der Waals surface area contributed by atoms with Crippen LogP contribution in [0.2, 0.25) is 0 Å². The molecule has 0 bridgehead atoms. The Balaban J connectivity index is 1.63. The first-order valence-corrected chi connectivity index (χ1v) is 8.62. The zero-order chi connectivity index (χ0) is 17.6. The number of likely N-dealkylation sites (tertiary alicyclic amines) is 1. The average Bonchev–Trinajstić information content (AvgIpc) is 3.12. The van der Waals surface area contributed by atoms with Gasteiger partial charge >= 0.3 is 6.03 Å². The molecule has 5 heteroatoms. The van der Waals surface area contributed by atoms with E-state index in [2.05, 4.69) is 5.32 Å². The number of para-hydroxylation sites is 2. The van der Waals surface area contributed by atoms with E-state index in [0.29, 0.717) is 19.6 Å². The molecule has 0 spiro atoms. The number of urea groups is 1. The molecule has 132 valence electrons. The number of carbonyl (C=O) groups is 1. The highest BCUT2D eigenvalue weighted by Crippen LogP contribution is 2.27. The van der Waals surface area contributed by atoms with Crippen LogP contribution in [-0.4, -0.2) is 35.7 Å². The molecule has 2 N–H and O–H groups in total. The molecular weight excluding hydrogens is 316 g/mol. The summed E-state index contributed by atoms with van der Waals surface area (Å²) in [5.74, 6) is 1.75. The quantitative estimate of drug-likeness (QED) is 0.878. The largest absolute Gasteiger partial charge is 0.457 e. The van der Waals surface area contributed by atoms with Crippen LogP contribution in [0, 0.1) is 12.8 Å². The molecule has 0 radical (unpaired) electrons. The van der Waals surface area contributed by atoms with Gasteiger partial charge in [0.25, 0.3) is 0 Å². The van der Waals surface area contributed by atoms with Crippen molar-refractivity contribution in [3.05, 3.63) is 59.7 Å². The zero-order valence-electron chi connectivity index (χ0n) is 14.4. The van der Waals surface area contributed by atoms with Crippen LogP contribution in [-0.2, 0) is 6.54 Å². The summed E-state index contributed by atoms with van der Waals surface area (Å²) in [6.07, 6.45) is 0.858. The maximum Gasteiger partial charge on any atom is 0.317 e. The zero-order valence-corrected chi connectivity index (χ0v) is 14.4. The first-order valence-electron chi connectivity index (χ1n) is 8.62. The molecule has 2 aromatic rings. The summed E-state index contributed by atoms with van der Waals surface area (Å²) in [4.78, 5) is 14.1. The fourth-order valence-electron chi connectivity index (χ4n) is 2.99. The van der Waals surface area contributed by atoms with Crippen LogP contribution >= 0.6 is 0 Å². The third kappa shape index (κ3) is 4.31. The number of nitrogens with zero attached hydrogens (tertiary/aromatic N) is 1. The molecule has 5 nitrogen and oxygen atoms in total. The van der Waals surface area contributed by atoms with Crippen molar-refractivity contribution in [2.24, 2.45) is 5.92 Å². The van der Waals surface area contributed by atoms with Crippen LogP contribution in [0.5, 0.6) is 11.5 Å². The second-order valence-electron chi connectivity index (χ2n) is 6.42. The van der Waals surface area contributed by atoms with Crippen molar-refractivity contribution in [2.75, 3.05) is 19.7 Å². The van der Waals surface area contributed by atoms with E-state index in [0.717, 1.165) is 29.0 Å². The van der Waals surface area contributed by atoms with Crippen LogP contribution in [0.3, 0.4) is 0 Å². The van der Waals surface area contributed by atoms with Gasteiger partial charge < -0.3 is 20.1 Å². The minimum absolute atomic E-state index is 0.0957. The molecule has 0 aliphatic carbocycles. The van der Waals surface area contributed by atoms with Crippen molar-refractivity contribution >= 4 is 6.03 Å². The van der Waals surface area contributed by atoms with Gasteiger partial charge in [0.2, 0.25) is 0 Å². The summed E-state index contributed by atoms with van der Waals surface area (Å²) in [5.41, 5.74) is 1.99. The minimum Gasteiger partial charge on any atom is -0.457 e. The third-order valence-electron chi connectivity index (χ3n) is 4.55. The molecule has 1 atom stereocenters. The molecule has 0 saturated carbocycles. The minimum atomic E-state index is -0.0957. The van der Waals surface area contributed by atoms with Crippen LogP contribution < -0.4 is 10.1 Å². The predicted molar refractivity (Wildman–Crippen MR) is 96.7 cm³/mol. The van der Waals surface area contributed by atoms with Crippen molar-refractivity contribution in [1.29, 1.82) is 0 Å². The number of aliphatic hydroxyl groups excluding tert-OH is 1. The summed E-state index contributed by atoms with van der Waals surface area (Å²) < 4.78 is 6.03. The number of carbonyl (C=O) groups excluding carboxylic acids is 1. The first-order chi connectivity index (χ1) is 12.2. The van der Waals surface area contributed by atoms with Gasteiger partial charge in [-0.25, -0.2) is 4.79 Å². The van der Waals surface area contributed by atoms with Gasteiger partial charge in [0.1, 0.15) is 11.5 Å². The Morgan fingerprint density at radius 3 is 2.64 bits per heavy atom. The van der Waals surface area contributed by atoms with Crippen LogP contribution in [0.15, 0.2) is 48.5 Å². The van der Waals surface area contributed by atoms with E-state index >= 15 is 0 Å². The highest BCUT2D eigenvalue weighted by atomic mass is 16.5. The average molecular weight is 340 g/mol. The Labute approximate surface area is 148 Å². The Hall–Kier alpha value is -2.53. The van der Waals surface area contributed by atoms with Crippen molar-refractivity contribution < 1.29 is 14.6 Å². The smallest absolute Gasteiger partial charge is 0.317 e. The maximum absolute atomic E-state index is 12.3. The lowest BCUT2D eigenvalue weighted by Gasteiger charge is -2.18. The number of amides is 2. The normalized spacial score (nSPS) is 16.7. The van der Waals surface area contributed by atoms with E-state index in [1.807, 2.05) is 55.5 Å². The molecule has 0 aromatic heterocycles. The second kappa shape index (κ2) is 8.03. The van der Waals surface area contributed by atoms with Crippen molar-refractivity contribution in [3.8, 4) is 11.5 Å². The highest BCUT2D eigenvalue weighted by Gasteiger charge is 2.25. The van der Waals surface area contributed by atoms with Gasteiger partial charge in [-0.2, -0.15) is 0 Å². The van der Waals surface area contributed by atoms with Crippen molar-refractivity contribution in [2.45, 2.75) is 19.9 Å². The lowest BCUT2D eigenvalue weighted by Crippen LogP contribution is -2.38. The number of hydrogen-bond acceptors (Lipinski definition) is 3. The van der Waals surface area contributed by atoms with Crippen LogP contribution in [0.25, 0.3) is 0 Å². The second-order valence-corrected chi connectivity index (χ2v) is 6.42. The lowest BCUT2D eigenvalue weighted by atomic mass is 10.1. The van der Waals surface area contributed by atoms with E-state index in [4.69, 9.17) is 4.74 Å². The molecule has 1 saturated heterocycles. The summed E-state index contributed by atoms with van der Waals surface area (Å²) in [6.45, 7) is 3.85. The molecule has 1 heterocycles. The molecule has 2 amide bonds. The number of hydrogen-bond donors (Lipinski definition) is 2. The molecular formula is C20H24N2O3. The molecule has 1 aliphatic rings. The molecule has 1 unspecified atom stereocenters. The van der Waals surface area contributed by atoms with Crippen LogP contribution in [0.1, 0.15) is 17.5 Å². The SMILES string of the molecule is Cc1ccccc1Oc1ccccc1CNC(=O)N1CCC(CO)C1. The maximum atomic E-state index is 12.3. The summed E-state index contributed by atoms with van der Waals surface area (Å²) in [5, 5.41) is 12.1. The fraction of sp³-hybridized carbons (Fsp3) is 0.350. The lowest BCUT2D eigenvalue weighted by molar-refractivity contribution is 0.198. The van der Waals surface area contributed by atoms with Crippen LogP contribution in [0.4, 0.5) is 4.79 Å². The number of aryl methyl sites for hydroxylation is 1. The van der Waals surface area contributed by atoms with E-state index < -0.39 is 0 Å². The fourth-order valence-corrected chi connectivity index (χ4v) is 2.99. The molecule has 3 rings (SSSR count). The number of rotatable bonds is 5. The van der Waals surface area contributed by atoms with Gasteiger partial charge in [0.15, 0.2) is 0 Å². The standard InChI is InChI=1S/C20H24N2O3/c1-15-6-2-4-8-18(15)25-19-9-5-3-7-17(19)12-21-20(24)22-11-10-16(13-22)14-23/h2-9,16,23H,10-14H2,1H3,(H,21,24). The first kappa shape index (κ1) is 17.3. The van der Waals surface area contributed by atoms with Crippen molar-refractivity contribution in [1.82, 2.24) is 10.2 Å². The third-order valence-corrected chi connectivity index (χ3v) is 4.55. The van der Waals surface area contributed by atoms with Gasteiger partial charge in [-0.1, -0.05) is 36.4 Å². The number of nitrogens with one attached hydrogen (secondary N) is 1. The summed E-state index contributed by atoms with van der Waals surface area (Å²) >= 11 is 0. The van der Waals surface area contributed by atoms with E-state index in [1.165, 1.54) is 0 Å². The molecule has 2 aromatic carbocycles. The van der Waals surface area contributed by atoms with Gasteiger partial charge in [0.05, 0.1) is 0 Å². The summed E-state index contributed by atoms with van der Waals surface area (Å²) in [7, 11) is 0. The monoisotopic (exact) mass is 340 g/mol. The Morgan fingerprint density at radius 1 is 1.20 bits per heavy atom. The van der Waals surface area contributed by atoms with E-state index in [9.17, 15) is 9.90 Å². The number of aliphatic hydroxyl groups is 1. The summed E-state index contributed by atoms with van der Waals surface area (Å²) in [6, 6.07) is 15.5. The van der Waals surface area contributed by atoms with E-state index in [-0.39, 0.29) is 18.6 Å². The predicted octanol–water partition coefficient (Wildman–Crippen LogP) is 3.31. The Morgan fingerprint density at radius 2 is 1.92 bits per heavy atom. The Kier molecular flexibility index (Phi) is 5.56. The van der Waals surface area contributed by atoms with Crippen molar-refractivity contribution in [3.63, 3.8) is 0 Å². The number of ether oxygens (including phenoxy) is 1. The van der Waals surface area contributed by atoms with Gasteiger partial charge in [-0.3, -0.25) is 0 Å². The van der Waals surface area contributed by atoms with Gasteiger partial charge in [0, 0.05) is 37.7 Å². The van der Waals surface area contributed by atoms with Gasteiger partial charge in [-0.05, 0) is 31.0 Å².